The predicted molar refractivity (Wildman–Crippen MR) is 102 cm³/mol. The van der Waals surface area contributed by atoms with Crippen molar-refractivity contribution < 1.29 is 13.2 Å². The highest BCUT2D eigenvalue weighted by molar-refractivity contribution is 7.92. The van der Waals surface area contributed by atoms with E-state index in [1.54, 1.807) is 30.2 Å². The van der Waals surface area contributed by atoms with Gasteiger partial charge in [-0.1, -0.05) is 18.2 Å². The third-order valence-corrected chi connectivity index (χ3v) is 7.31. The fraction of sp³-hybridized carbons (Fsp3) is 0.368. The molecule has 1 saturated heterocycles. The van der Waals surface area contributed by atoms with Gasteiger partial charge in [-0.05, 0) is 37.1 Å². The first-order valence-electron chi connectivity index (χ1n) is 8.78. The van der Waals surface area contributed by atoms with Gasteiger partial charge in [-0.25, -0.2) is 13.4 Å². The Morgan fingerprint density at radius 2 is 1.96 bits per heavy atom. The molecule has 1 fully saturated rings. The van der Waals surface area contributed by atoms with E-state index in [4.69, 9.17) is 0 Å². The zero-order chi connectivity index (χ0) is 18.3. The number of sulfone groups is 1. The summed E-state index contributed by atoms with van der Waals surface area (Å²) in [6, 6.07) is 11.5. The van der Waals surface area contributed by atoms with Crippen molar-refractivity contribution in [3.63, 3.8) is 0 Å². The number of pyridine rings is 1. The average Bonchev–Trinajstić information content (AvgIpc) is 3.08. The van der Waals surface area contributed by atoms with Crippen LogP contribution in [0.25, 0.3) is 0 Å². The Hall–Kier alpha value is -2.41. The van der Waals surface area contributed by atoms with E-state index in [0.29, 0.717) is 31.0 Å². The molecule has 4 rings (SSSR count). The number of carbonyl (C=O) groups excluding carboxylic acids is 1. The quantitative estimate of drug-likeness (QED) is 0.806. The van der Waals surface area contributed by atoms with Crippen LogP contribution in [0.2, 0.25) is 0 Å². The average molecular weight is 371 g/mol. The van der Waals surface area contributed by atoms with Gasteiger partial charge in [-0.2, -0.15) is 0 Å². The second-order valence-electron chi connectivity index (χ2n) is 6.86. The van der Waals surface area contributed by atoms with Crippen LogP contribution in [0, 0.1) is 0 Å². The third-order valence-electron chi connectivity index (χ3n) is 5.19. The molecule has 3 heterocycles. The molecule has 0 spiro atoms. The number of hydrogen-bond donors (Lipinski definition) is 0. The molecular formula is C19H21N3O3S. The first-order chi connectivity index (χ1) is 12.5. The summed E-state index contributed by atoms with van der Waals surface area (Å²) in [5, 5.41) is -0.402. The molecular weight excluding hydrogens is 350 g/mol. The summed E-state index contributed by atoms with van der Waals surface area (Å²) in [6.45, 7) is 3.28. The number of amides is 1. The van der Waals surface area contributed by atoms with Crippen LogP contribution in [0.3, 0.4) is 0 Å². The molecule has 1 unspecified atom stereocenters. The SMILES string of the molecule is CC1CN(c2ccc(C(=O)N3CCc4ccccc43)cn2)CCS1(=O)=O. The molecule has 0 N–H and O–H groups in total. The van der Waals surface area contributed by atoms with Crippen molar-refractivity contribution >= 4 is 27.2 Å². The summed E-state index contributed by atoms with van der Waals surface area (Å²) < 4.78 is 23.7. The molecule has 0 bridgehead atoms. The van der Waals surface area contributed by atoms with Crippen LogP contribution in [0.1, 0.15) is 22.8 Å². The lowest BCUT2D eigenvalue weighted by Crippen LogP contribution is -2.45. The lowest BCUT2D eigenvalue weighted by atomic mass is 10.2. The minimum Gasteiger partial charge on any atom is -0.354 e. The van der Waals surface area contributed by atoms with Crippen LogP contribution in [0.5, 0.6) is 0 Å². The molecule has 2 aliphatic heterocycles. The van der Waals surface area contributed by atoms with E-state index >= 15 is 0 Å². The lowest BCUT2D eigenvalue weighted by Gasteiger charge is -2.31. The van der Waals surface area contributed by atoms with Gasteiger partial charge in [0.2, 0.25) is 0 Å². The van der Waals surface area contributed by atoms with Crippen LogP contribution in [-0.4, -0.2) is 49.9 Å². The lowest BCUT2D eigenvalue weighted by molar-refractivity contribution is 0.0989. The van der Waals surface area contributed by atoms with Gasteiger partial charge in [0, 0.05) is 31.5 Å². The Balaban J connectivity index is 1.51. The second-order valence-corrected chi connectivity index (χ2v) is 9.40. The maximum absolute atomic E-state index is 12.8. The summed E-state index contributed by atoms with van der Waals surface area (Å²) in [6.07, 6.45) is 2.46. The molecule has 1 aromatic heterocycles. The van der Waals surface area contributed by atoms with Gasteiger partial charge in [0.25, 0.3) is 5.91 Å². The molecule has 7 heteroatoms. The van der Waals surface area contributed by atoms with Crippen molar-refractivity contribution in [2.24, 2.45) is 0 Å². The molecule has 0 saturated carbocycles. The summed E-state index contributed by atoms with van der Waals surface area (Å²) in [7, 11) is -2.99. The van der Waals surface area contributed by atoms with E-state index in [-0.39, 0.29) is 11.7 Å². The predicted octanol–water partition coefficient (Wildman–Crippen LogP) is 1.91. The van der Waals surface area contributed by atoms with E-state index in [9.17, 15) is 13.2 Å². The van der Waals surface area contributed by atoms with Crippen molar-refractivity contribution in [1.29, 1.82) is 0 Å². The molecule has 26 heavy (non-hydrogen) atoms. The summed E-state index contributed by atoms with van der Waals surface area (Å²) in [5.41, 5.74) is 2.70. The Labute approximate surface area is 153 Å². The van der Waals surface area contributed by atoms with Crippen molar-refractivity contribution in [3.05, 3.63) is 53.7 Å². The highest BCUT2D eigenvalue weighted by Crippen LogP contribution is 2.29. The molecule has 1 amide bonds. The van der Waals surface area contributed by atoms with Gasteiger partial charge in [0.15, 0.2) is 9.84 Å². The normalized spacial score (nSPS) is 21.5. The first-order valence-corrected chi connectivity index (χ1v) is 10.5. The van der Waals surface area contributed by atoms with E-state index in [2.05, 4.69) is 11.1 Å². The standard InChI is InChI=1S/C19H21N3O3S/c1-14-13-21(10-11-26(14,24)25)18-7-6-16(12-20-18)19(23)22-9-8-15-4-2-3-5-17(15)22/h2-7,12,14H,8-11,13H2,1H3. The van der Waals surface area contributed by atoms with Crippen molar-refractivity contribution in [3.8, 4) is 0 Å². The maximum atomic E-state index is 12.8. The Kier molecular flexibility index (Phi) is 4.19. The minimum absolute atomic E-state index is 0.0522. The Bertz CT molecular complexity index is 941. The largest absolute Gasteiger partial charge is 0.354 e. The number of aromatic nitrogens is 1. The van der Waals surface area contributed by atoms with Gasteiger partial charge in [-0.15, -0.1) is 0 Å². The topological polar surface area (TPSA) is 70.6 Å². The van der Waals surface area contributed by atoms with Crippen LogP contribution in [-0.2, 0) is 16.3 Å². The van der Waals surface area contributed by atoms with Crippen LogP contribution < -0.4 is 9.80 Å². The molecule has 136 valence electrons. The monoisotopic (exact) mass is 371 g/mol. The zero-order valence-electron chi connectivity index (χ0n) is 14.6. The molecule has 0 radical (unpaired) electrons. The molecule has 2 aliphatic rings. The number of anilines is 2. The van der Waals surface area contributed by atoms with Gasteiger partial charge >= 0.3 is 0 Å². The van der Waals surface area contributed by atoms with Gasteiger partial charge < -0.3 is 9.80 Å². The van der Waals surface area contributed by atoms with E-state index in [1.807, 2.05) is 23.1 Å². The van der Waals surface area contributed by atoms with E-state index < -0.39 is 15.1 Å². The highest BCUT2D eigenvalue weighted by atomic mass is 32.2. The highest BCUT2D eigenvalue weighted by Gasteiger charge is 2.30. The maximum Gasteiger partial charge on any atom is 0.259 e. The molecule has 1 aromatic carbocycles. The first kappa shape index (κ1) is 17.0. The second kappa shape index (κ2) is 6.39. The van der Waals surface area contributed by atoms with Crippen molar-refractivity contribution in [1.82, 2.24) is 4.98 Å². The smallest absolute Gasteiger partial charge is 0.259 e. The fourth-order valence-electron chi connectivity index (χ4n) is 3.57. The van der Waals surface area contributed by atoms with Crippen molar-refractivity contribution in [2.45, 2.75) is 18.6 Å². The van der Waals surface area contributed by atoms with Crippen LogP contribution in [0.4, 0.5) is 11.5 Å². The Morgan fingerprint density at radius 1 is 1.15 bits per heavy atom. The summed E-state index contributed by atoms with van der Waals surface area (Å²) in [5.74, 6) is 0.801. The molecule has 1 atom stereocenters. The molecule has 2 aromatic rings. The number of para-hydroxylation sites is 1. The van der Waals surface area contributed by atoms with Gasteiger partial charge in [-0.3, -0.25) is 4.79 Å². The fourth-order valence-corrected chi connectivity index (χ4v) is 4.85. The van der Waals surface area contributed by atoms with Gasteiger partial charge in [0.1, 0.15) is 5.82 Å². The zero-order valence-corrected chi connectivity index (χ0v) is 15.4. The molecule has 0 aliphatic carbocycles. The number of carbonyl (C=O) groups is 1. The summed E-state index contributed by atoms with van der Waals surface area (Å²) >= 11 is 0. The number of rotatable bonds is 2. The Morgan fingerprint density at radius 3 is 2.69 bits per heavy atom. The third kappa shape index (κ3) is 2.96. The number of benzene rings is 1. The minimum atomic E-state index is -2.99. The van der Waals surface area contributed by atoms with E-state index in [1.165, 1.54) is 5.56 Å². The van der Waals surface area contributed by atoms with Crippen LogP contribution in [0.15, 0.2) is 42.6 Å². The molecule has 6 nitrogen and oxygen atoms in total. The number of fused-ring (bicyclic) bond motifs is 1. The summed E-state index contributed by atoms with van der Waals surface area (Å²) in [4.78, 5) is 21.0. The van der Waals surface area contributed by atoms with Crippen LogP contribution >= 0.6 is 0 Å². The number of nitrogens with zero attached hydrogens (tertiary/aromatic N) is 3. The van der Waals surface area contributed by atoms with Crippen molar-refractivity contribution in [2.75, 3.05) is 35.2 Å². The number of hydrogen-bond acceptors (Lipinski definition) is 5. The van der Waals surface area contributed by atoms with E-state index in [0.717, 1.165) is 12.1 Å². The van der Waals surface area contributed by atoms with Gasteiger partial charge in [0.05, 0.1) is 16.6 Å².